The Labute approximate surface area is 102 Å². The summed E-state index contributed by atoms with van der Waals surface area (Å²) in [6, 6.07) is 0. The van der Waals surface area contributed by atoms with Crippen molar-refractivity contribution in [1.82, 2.24) is 5.32 Å². The lowest BCUT2D eigenvalue weighted by molar-refractivity contribution is -0.143. The molecule has 0 saturated heterocycles. The minimum atomic E-state index is -0.280. The van der Waals surface area contributed by atoms with E-state index in [1.807, 2.05) is 0 Å². The minimum Gasteiger partial charge on any atom is -0.466 e. The van der Waals surface area contributed by atoms with Crippen molar-refractivity contribution >= 4 is 11.9 Å². The van der Waals surface area contributed by atoms with Gasteiger partial charge in [-0.05, 0) is 26.2 Å². The highest BCUT2D eigenvalue weighted by atomic mass is 16.5. The van der Waals surface area contributed by atoms with Crippen LogP contribution in [0.25, 0.3) is 0 Å². The summed E-state index contributed by atoms with van der Waals surface area (Å²) in [5.41, 5.74) is -0.256. The Morgan fingerprint density at radius 2 is 2.06 bits per heavy atom. The lowest BCUT2D eigenvalue weighted by Gasteiger charge is -2.39. The van der Waals surface area contributed by atoms with Crippen molar-refractivity contribution in [3.05, 3.63) is 0 Å². The van der Waals surface area contributed by atoms with Gasteiger partial charge >= 0.3 is 5.97 Å². The predicted octanol–water partition coefficient (Wildman–Crippen LogP) is 1.01. The molecule has 1 amide bonds. The second-order valence-corrected chi connectivity index (χ2v) is 4.32. The third-order valence-corrected chi connectivity index (χ3v) is 3.14. The van der Waals surface area contributed by atoms with Crippen molar-refractivity contribution in [1.29, 1.82) is 0 Å². The fourth-order valence-electron chi connectivity index (χ4n) is 1.92. The highest BCUT2D eigenvalue weighted by molar-refractivity contribution is 5.78. The molecule has 1 saturated carbocycles. The van der Waals surface area contributed by atoms with Crippen LogP contribution in [0.5, 0.6) is 0 Å². The van der Waals surface area contributed by atoms with E-state index in [1.165, 1.54) is 0 Å². The number of ether oxygens (including phenoxy) is 2. The largest absolute Gasteiger partial charge is 0.466 e. The van der Waals surface area contributed by atoms with E-state index in [1.54, 1.807) is 14.0 Å². The molecule has 1 fully saturated rings. The van der Waals surface area contributed by atoms with Gasteiger partial charge < -0.3 is 14.8 Å². The molecule has 0 aromatic heterocycles. The summed E-state index contributed by atoms with van der Waals surface area (Å²) in [4.78, 5) is 22.6. The summed E-state index contributed by atoms with van der Waals surface area (Å²) in [5.74, 6) is -0.339. The Morgan fingerprint density at radius 1 is 1.35 bits per heavy atom. The third-order valence-electron chi connectivity index (χ3n) is 3.14. The van der Waals surface area contributed by atoms with Crippen LogP contribution in [0, 0.1) is 0 Å². The summed E-state index contributed by atoms with van der Waals surface area (Å²) < 4.78 is 10.1. The van der Waals surface area contributed by atoms with Gasteiger partial charge in [-0.3, -0.25) is 9.59 Å². The van der Waals surface area contributed by atoms with E-state index in [-0.39, 0.29) is 23.9 Å². The Balaban J connectivity index is 2.15. The molecule has 0 bridgehead atoms. The zero-order valence-corrected chi connectivity index (χ0v) is 10.6. The highest BCUT2D eigenvalue weighted by Crippen LogP contribution is 2.37. The molecule has 98 valence electrons. The molecule has 0 heterocycles. The summed E-state index contributed by atoms with van der Waals surface area (Å²) in [6.45, 7) is 2.46. The fourth-order valence-corrected chi connectivity index (χ4v) is 1.92. The van der Waals surface area contributed by atoms with Gasteiger partial charge in [0.05, 0.1) is 25.0 Å². The van der Waals surface area contributed by atoms with Crippen molar-refractivity contribution in [2.75, 3.05) is 20.3 Å². The summed E-state index contributed by atoms with van der Waals surface area (Å²) in [6.07, 6.45) is 3.60. The third kappa shape index (κ3) is 4.34. The van der Waals surface area contributed by atoms with Gasteiger partial charge in [-0.2, -0.15) is 0 Å². The molecular formula is C12H21NO4. The molecule has 0 aromatic rings. The van der Waals surface area contributed by atoms with Gasteiger partial charge in [0.2, 0.25) is 5.91 Å². The van der Waals surface area contributed by atoms with Crippen LogP contribution in [-0.2, 0) is 19.1 Å². The van der Waals surface area contributed by atoms with E-state index >= 15 is 0 Å². The lowest BCUT2D eigenvalue weighted by atomic mass is 9.77. The standard InChI is InChI=1S/C12H21NO4/c1-3-17-11(15)5-8-13-10(14)9-12(16-2)6-4-7-12/h3-9H2,1-2H3,(H,13,14). The van der Waals surface area contributed by atoms with Gasteiger partial charge in [0.15, 0.2) is 0 Å². The number of hydrogen-bond donors (Lipinski definition) is 1. The zero-order valence-electron chi connectivity index (χ0n) is 10.6. The van der Waals surface area contributed by atoms with Gasteiger partial charge in [-0.15, -0.1) is 0 Å². The Bertz CT molecular complexity index is 268. The Kier molecular flexibility index (Phi) is 5.41. The van der Waals surface area contributed by atoms with Crippen LogP contribution in [0.4, 0.5) is 0 Å². The van der Waals surface area contributed by atoms with Gasteiger partial charge in [0, 0.05) is 13.7 Å². The molecule has 5 nitrogen and oxygen atoms in total. The second-order valence-electron chi connectivity index (χ2n) is 4.32. The molecule has 0 spiro atoms. The van der Waals surface area contributed by atoms with E-state index in [2.05, 4.69) is 5.32 Å². The van der Waals surface area contributed by atoms with Crippen LogP contribution < -0.4 is 5.32 Å². The van der Waals surface area contributed by atoms with E-state index in [0.717, 1.165) is 19.3 Å². The molecule has 1 rings (SSSR count). The minimum absolute atomic E-state index is 0.0594. The molecule has 1 aliphatic carbocycles. The first-order valence-corrected chi connectivity index (χ1v) is 6.09. The molecular weight excluding hydrogens is 222 g/mol. The van der Waals surface area contributed by atoms with E-state index in [4.69, 9.17) is 9.47 Å². The maximum Gasteiger partial charge on any atom is 0.307 e. The first-order chi connectivity index (χ1) is 8.12. The lowest BCUT2D eigenvalue weighted by Crippen LogP contribution is -2.44. The molecule has 1 N–H and O–H groups in total. The first kappa shape index (κ1) is 14.0. The molecule has 0 radical (unpaired) electrons. The molecule has 0 aromatic carbocycles. The maximum absolute atomic E-state index is 11.6. The quantitative estimate of drug-likeness (QED) is 0.678. The van der Waals surface area contributed by atoms with E-state index < -0.39 is 0 Å². The van der Waals surface area contributed by atoms with Crippen LogP contribution >= 0.6 is 0 Å². The van der Waals surface area contributed by atoms with Gasteiger partial charge in [-0.1, -0.05) is 0 Å². The number of rotatable bonds is 7. The topological polar surface area (TPSA) is 64.6 Å². The fraction of sp³-hybridized carbons (Fsp3) is 0.833. The van der Waals surface area contributed by atoms with E-state index in [0.29, 0.717) is 19.6 Å². The average molecular weight is 243 g/mol. The molecule has 0 aliphatic heterocycles. The zero-order chi connectivity index (χ0) is 12.7. The van der Waals surface area contributed by atoms with Crippen LogP contribution in [0.2, 0.25) is 0 Å². The van der Waals surface area contributed by atoms with Crippen molar-refractivity contribution in [3.63, 3.8) is 0 Å². The summed E-state index contributed by atoms with van der Waals surface area (Å²) >= 11 is 0. The van der Waals surface area contributed by atoms with Crippen molar-refractivity contribution < 1.29 is 19.1 Å². The number of methoxy groups -OCH3 is 1. The number of hydrogen-bond acceptors (Lipinski definition) is 4. The SMILES string of the molecule is CCOC(=O)CCNC(=O)CC1(OC)CCC1. The summed E-state index contributed by atoms with van der Waals surface area (Å²) in [7, 11) is 1.64. The normalized spacial score (nSPS) is 17.1. The molecule has 1 aliphatic rings. The van der Waals surface area contributed by atoms with Crippen LogP contribution in [0.3, 0.4) is 0 Å². The monoisotopic (exact) mass is 243 g/mol. The Morgan fingerprint density at radius 3 is 2.53 bits per heavy atom. The number of amides is 1. The number of esters is 1. The van der Waals surface area contributed by atoms with Crippen molar-refractivity contribution in [2.45, 2.75) is 44.6 Å². The second kappa shape index (κ2) is 6.59. The molecule has 0 unspecified atom stereocenters. The Hall–Kier alpha value is -1.10. The smallest absolute Gasteiger partial charge is 0.307 e. The first-order valence-electron chi connectivity index (χ1n) is 6.09. The van der Waals surface area contributed by atoms with E-state index in [9.17, 15) is 9.59 Å². The number of carbonyl (C=O) groups excluding carboxylic acids is 2. The average Bonchev–Trinajstić information content (AvgIpc) is 2.24. The molecule has 5 heteroatoms. The van der Waals surface area contributed by atoms with Gasteiger partial charge in [0.1, 0.15) is 0 Å². The van der Waals surface area contributed by atoms with Crippen molar-refractivity contribution in [2.24, 2.45) is 0 Å². The maximum atomic E-state index is 11.6. The molecule has 0 atom stereocenters. The van der Waals surface area contributed by atoms with Crippen LogP contribution in [0.15, 0.2) is 0 Å². The van der Waals surface area contributed by atoms with Crippen LogP contribution in [0.1, 0.15) is 39.0 Å². The predicted molar refractivity (Wildman–Crippen MR) is 62.5 cm³/mol. The highest BCUT2D eigenvalue weighted by Gasteiger charge is 2.38. The number of nitrogens with one attached hydrogen (secondary N) is 1. The summed E-state index contributed by atoms with van der Waals surface area (Å²) in [5, 5.41) is 2.71. The molecule has 17 heavy (non-hydrogen) atoms. The number of carbonyl (C=O) groups is 2. The van der Waals surface area contributed by atoms with Crippen LogP contribution in [-0.4, -0.2) is 37.7 Å². The van der Waals surface area contributed by atoms with Gasteiger partial charge in [0.25, 0.3) is 0 Å². The van der Waals surface area contributed by atoms with Gasteiger partial charge in [-0.25, -0.2) is 0 Å². The van der Waals surface area contributed by atoms with Crippen molar-refractivity contribution in [3.8, 4) is 0 Å².